The summed E-state index contributed by atoms with van der Waals surface area (Å²) in [6.45, 7) is 5.75. The van der Waals surface area contributed by atoms with Gasteiger partial charge in [0.2, 0.25) is 0 Å². The van der Waals surface area contributed by atoms with Crippen LogP contribution in [0.15, 0.2) is 24.3 Å². The van der Waals surface area contributed by atoms with Crippen LogP contribution in [0.4, 0.5) is 0 Å². The van der Waals surface area contributed by atoms with E-state index in [1.54, 1.807) is 0 Å². The average Bonchev–Trinajstić information content (AvgIpc) is 2.64. The van der Waals surface area contributed by atoms with Crippen LogP contribution in [0.1, 0.15) is 32.6 Å². The summed E-state index contributed by atoms with van der Waals surface area (Å²) in [7, 11) is 0. The van der Waals surface area contributed by atoms with Gasteiger partial charge in [0.05, 0.1) is 5.56 Å². The standard InChI is InChI=1S/C16H14O2/c1-8-4-5-9(2)13-12(8)11-7-6-10(3)15(17)14(11)16(13)18/h4-7,17H,1-3H3. The lowest BCUT2D eigenvalue weighted by atomic mass is 9.97. The molecule has 3 rings (SSSR count). The van der Waals surface area contributed by atoms with Crippen molar-refractivity contribution in [2.45, 2.75) is 20.8 Å². The van der Waals surface area contributed by atoms with E-state index in [0.717, 1.165) is 33.4 Å². The molecule has 0 spiro atoms. The number of carbonyl (C=O) groups excluding carboxylic acids is 1. The number of aromatic hydroxyl groups is 1. The molecule has 1 aliphatic rings. The molecule has 2 aromatic carbocycles. The Morgan fingerprint density at radius 1 is 0.778 bits per heavy atom. The highest BCUT2D eigenvalue weighted by molar-refractivity contribution is 6.24. The highest BCUT2D eigenvalue weighted by atomic mass is 16.3. The van der Waals surface area contributed by atoms with Gasteiger partial charge in [-0.1, -0.05) is 24.3 Å². The molecule has 1 aliphatic carbocycles. The van der Waals surface area contributed by atoms with Gasteiger partial charge < -0.3 is 5.11 Å². The predicted molar refractivity (Wildman–Crippen MR) is 71.2 cm³/mol. The minimum Gasteiger partial charge on any atom is -0.507 e. The number of ketones is 1. The fourth-order valence-electron chi connectivity index (χ4n) is 2.71. The summed E-state index contributed by atoms with van der Waals surface area (Å²) in [5.74, 6) is 0.0647. The van der Waals surface area contributed by atoms with Crippen molar-refractivity contribution >= 4 is 5.78 Å². The molecular weight excluding hydrogens is 224 g/mol. The molecule has 2 aromatic rings. The van der Waals surface area contributed by atoms with Gasteiger partial charge >= 0.3 is 0 Å². The van der Waals surface area contributed by atoms with E-state index in [2.05, 4.69) is 0 Å². The number of hydrogen-bond donors (Lipinski definition) is 1. The lowest BCUT2D eigenvalue weighted by molar-refractivity contribution is 0.104. The first kappa shape index (κ1) is 11.0. The van der Waals surface area contributed by atoms with Crippen molar-refractivity contribution < 1.29 is 9.90 Å². The molecule has 90 valence electrons. The van der Waals surface area contributed by atoms with E-state index in [9.17, 15) is 9.90 Å². The van der Waals surface area contributed by atoms with Crippen molar-refractivity contribution in [3.8, 4) is 16.9 Å². The Morgan fingerprint density at radius 3 is 2.00 bits per heavy atom. The topological polar surface area (TPSA) is 37.3 Å². The lowest BCUT2D eigenvalue weighted by Crippen LogP contribution is -1.99. The molecule has 18 heavy (non-hydrogen) atoms. The van der Waals surface area contributed by atoms with Gasteiger partial charge in [0.1, 0.15) is 5.75 Å². The van der Waals surface area contributed by atoms with Crippen LogP contribution < -0.4 is 0 Å². The van der Waals surface area contributed by atoms with Gasteiger partial charge in [-0.2, -0.15) is 0 Å². The first-order valence-corrected chi connectivity index (χ1v) is 6.00. The minimum atomic E-state index is -0.0533. The molecule has 0 aromatic heterocycles. The van der Waals surface area contributed by atoms with Crippen LogP contribution in [0.2, 0.25) is 0 Å². The number of rotatable bonds is 0. The summed E-state index contributed by atoms with van der Waals surface area (Å²) in [5.41, 5.74) is 5.82. The molecule has 2 nitrogen and oxygen atoms in total. The normalized spacial score (nSPS) is 12.5. The molecule has 0 fully saturated rings. The highest BCUT2D eigenvalue weighted by Crippen LogP contribution is 2.44. The summed E-state index contributed by atoms with van der Waals surface area (Å²) in [6, 6.07) is 7.77. The van der Waals surface area contributed by atoms with Crippen LogP contribution in [-0.2, 0) is 0 Å². The number of fused-ring (bicyclic) bond motifs is 3. The van der Waals surface area contributed by atoms with E-state index in [1.165, 1.54) is 0 Å². The Hall–Kier alpha value is -2.09. The van der Waals surface area contributed by atoms with E-state index in [1.807, 2.05) is 45.0 Å². The molecule has 0 atom stereocenters. The Labute approximate surface area is 106 Å². The van der Waals surface area contributed by atoms with E-state index >= 15 is 0 Å². The molecule has 1 N–H and O–H groups in total. The number of hydrogen-bond acceptors (Lipinski definition) is 2. The van der Waals surface area contributed by atoms with Gasteiger partial charge in [-0.3, -0.25) is 4.79 Å². The molecule has 0 saturated heterocycles. The minimum absolute atomic E-state index is 0.0533. The maximum Gasteiger partial charge on any atom is 0.198 e. The van der Waals surface area contributed by atoms with Gasteiger partial charge in [0, 0.05) is 5.56 Å². The second-order valence-corrected chi connectivity index (χ2v) is 4.93. The monoisotopic (exact) mass is 238 g/mol. The summed E-state index contributed by atoms with van der Waals surface area (Å²) in [5, 5.41) is 10.1. The summed E-state index contributed by atoms with van der Waals surface area (Å²) >= 11 is 0. The zero-order valence-electron chi connectivity index (χ0n) is 10.7. The molecule has 2 heteroatoms. The number of carbonyl (C=O) groups is 1. The van der Waals surface area contributed by atoms with Crippen molar-refractivity contribution in [3.05, 3.63) is 52.1 Å². The molecule has 0 heterocycles. The molecule has 0 aliphatic heterocycles. The predicted octanol–water partition coefficient (Wildman–Crippen LogP) is 3.53. The van der Waals surface area contributed by atoms with Crippen LogP contribution in [0.3, 0.4) is 0 Å². The van der Waals surface area contributed by atoms with Gasteiger partial charge in [-0.25, -0.2) is 0 Å². The van der Waals surface area contributed by atoms with Gasteiger partial charge in [-0.05, 0) is 48.6 Å². The third-order valence-corrected chi connectivity index (χ3v) is 3.73. The maximum atomic E-state index is 12.5. The quantitative estimate of drug-likeness (QED) is 0.650. The number of phenols is 1. The van der Waals surface area contributed by atoms with E-state index in [4.69, 9.17) is 0 Å². The molecular formula is C16H14O2. The zero-order valence-corrected chi connectivity index (χ0v) is 10.7. The molecule has 0 amide bonds. The van der Waals surface area contributed by atoms with Gasteiger partial charge in [-0.15, -0.1) is 0 Å². The van der Waals surface area contributed by atoms with Crippen molar-refractivity contribution in [2.75, 3.05) is 0 Å². The molecule has 0 bridgehead atoms. The van der Waals surface area contributed by atoms with Crippen molar-refractivity contribution in [1.82, 2.24) is 0 Å². The summed E-state index contributed by atoms with van der Waals surface area (Å²) < 4.78 is 0. The molecule has 0 radical (unpaired) electrons. The Balaban J connectivity index is 2.47. The second kappa shape index (κ2) is 3.45. The fraction of sp³-hybridized carbons (Fsp3) is 0.188. The molecule has 0 saturated carbocycles. The first-order chi connectivity index (χ1) is 8.52. The van der Waals surface area contributed by atoms with E-state index in [0.29, 0.717) is 5.56 Å². The lowest BCUT2D eigenvalue weighted by Gasteiger charge is -2.07. The number of phenolic OH excluding ortho intramolecular Hbond substituents is 1. The number of aryl methyl sites for hydroxylation is 3. The van der Waals surface area contributed by atoms with Crippen LogP contribution in [0.25, 0.3) is 11.1 Å². The Morgan fingerprint density at radius 2 is 1.33 bits per heavy atom. The van der Waals surface area contributed by atoms with Crippen LogP contribution in [0.5, 0.6) is 5.75 Å². The molecule has 0 unspecified atom stereocenters. The van der Waals surface area contributed by atoms with Crippen LogP contribution >= 0.6 is 0 Å². The first-order valence-electron chi connectivity index (χ1n) is 6.00. The Bertz CT molecular complexity index is 697. The largest absolute Gasteiger partial charge is 0.507 e. The summed E-state index contributed by atoms with van der Waals surface area (Å²) in [4.78, 5) is 12.5. The van der Waals surface area contributed by atoms with E-state index in [-0.39, 0.29) is 11.5 Å². The van der Waals surface area contributed by atoms with Crippen molar-refractivity contribution in [3.63, 3.8) is 0 Å². The maximum absolute atomic E-state index is 12.5. The third kappa shape index (κ3) is 1.20. The van der Waals surface area contributed by atoms with Crippen molar-refractivity contribution in [1.29, 1.82) is 0 Å². The smallest absolute Gasteiger partial charge is 0.198 e. The summed E-state index contributed by atoms with van der Waals surface area (Å²) in [6.07, 6.45) is 0. The number of benzene rings is 2. The van der Waals surface area contributed by atoms with Crippen molar-refractivity contribution in [2.24, 2.45) is 0 Å². The SMILES string of the molecule is Cc1ccc2c(c1O)C(=O)c1c(C)ccc(C)c1-2. The highest BCUT2D eigenvalue weighted by Gasteiger charge is 2.32. The fourth-order valence-corrected chi connectivity index (χ4v) is 2.71. The van der Waals surface area contributed by atoms with E-state index < -0.39 is 0 Å². The van der Waals surface area contributed by atoms with Crippen LogP contribution in [-0.4, -0.2) is 10.9 Å². The Kier molecular flexibility index (Phi) is 2.11. The van der Waals surface area contributed by atoms with Gasteiger partial charge in [0.15, 0.2) is 5.78 Å². The zero-order chi connectivity index (χ0) is 13.0. The second-order valence-electron chi connectivity index (χ2n) is 4.93. The van der Waals surface area contributed by atoms with Crippen LogP contribution in [0, 0.1) is 20.8 Å². The van der Waals surface area contributed by atoms with Gasteiger partial charge in [0.25, 0.3) is 0 Å². The third-order valence-electron chi connectivity index (χ3n) is 3.73. The average molecular weight is 238 g/mol.